The summed E-state index contributed by atoms with van der Waals surface area (Å²) in [5, 5.41) is 6.95. The van der Waals surface area contributed by atoms with Crippen molar-refractivity contribution < 1.29 is 14.3 Å². The number of anilines is 1. The smallest absolute Gasteiger partial charge is 0.216 e. The van der Waals surface area contributed by atoms with Gasteiger partial charge >= 0.3 is 0 Å². The predicted molar refractivity (Wildman–Crippen MR) is 108 cm³/mol. The zero-order valence-corrected chi connectivity index (χ0v) is 16.6. The maximum absolute atomic E-state index is 13.7. The molecular formula is C20H17ClN2O3S. The van der Waals surface area contributed by atoms with E-state index >= 15 is 0 Å². The SMILES string of the molecule is CC(=O)C1=NN(c2ccc(Cl)cc2)[C@@]2(S1)C(=O)c1ccccc1OC2(C)C. The third-order valence-corrected chi connectivity index (χ3v) is 6.69. The summed E-state index contributed by atoms with van der Waals surface area (Å²) in [6.45, 7) is 5.13. The number of benzene rings is 2. The van der Waals surface area contributed by atoms with E-state index in [0.717, 1.165) is 11.8 Å². The van der Waals surface area contributed by atoms with Crippen molar-refractivity contribution in [1.29, 1.82) is 0 Å². The number of nitrogens with zero attached hydrogens (tertiary/aromatic N) is 2. The van der Waals surface area contributed by atoms with E-state index in [1.54, 1.807) is 47.5 Å². The normalized spacial score (nSPS) is 23.0. The molecule has 0 saturated carbocycles. The molecule has 0 bridgehead atoms. The number of thioether (sulfide) groups is 1. The highest BCUT2D eigenvalue weighted by molar-refractivity contribution is 8.18. The Balaban J connectivity index is 1.94. The fraction of sp³-hybridized carbons (Fsp3) is 0.250. The molecule has 0 radical (unpaired) electrons. The molecule has 7 heteroatoms. The standard InChI is InChI=1S/C20H17ClN2O3S/c1-12(24)18-22-23(14-10-8-13(21)9-11-14)20(27-18)17(25)15-6-4-5-7-16(15)26-19(20,2)3/h4-11H,1-3H3/t20-/m1/s1. The van der Waals surface area contributed by atoms with Crippen LogP contribution in [0.15, 0.2) is 53.6 Å². The molecule has 2 aliphatic heterocycles. The molecule has 1 spiro atoms. The van der Waals surface area contributed by atoms with Gasteiger partial charge in [-0.1, -0.05) is 35.5 Å². The van der Waals surface area contributed by atoms with Crippen molar-refractivity contribution in [3.05, 3.63) is 59.1 Å². The Morgan fingerprint density at radius 1 is 1.15 bits per heavy atom. The molecule has 5 nitrogen and oxygen atoms in total. The number of rotatable bonds is 2. The van der Waals surface area contributed by atoms with Gasteiger partial charge in [-0.05, 0) is 50.2 Å². The number of hydrogen-bond donors (Lipinski definition) is 0. The zero-order chi connectivity index (χ0) is 19.4. The monoisotopic (exact) mass is 400 g/mol. The Labute approximate surface area is 166 Å². The number of hydrogen-bond acceptors (Lipinski definition) is 6. The number of fused-ring (bicyclic) bond motifs is 1. The molecule has 4 rings (SSSR count). The van der Waals surface area contributed by atoms with Gasteiger partial charge in [0.1, 0.15) is 11.4 Å². The molecule has 0 aliphatic carbocycles. The lowest BCUT2D eigenvalue weighted by Crippen LogP contribution is -2.66. The molecule has 27 heavy (non-hydrogen) atoms. The van der Waals surface area contributed by atoms with E-state index in [-0.39, 0.29) is 16.6 Å². The summed E-state index contributed by atoms with van der Waals surface area (Å²) in [6.07, 6.45) is 0. The van der Waals surface area contributed by atoms with E-state index in [1.165, 1.54) is 6.92 Å². The van der Waals surface area contributed by atoms with Crippen molar-refractivity contribution in [3.8, 4) is 5.75 Å². The molecule has 0 fully saturated rings. The lowest BCUT2D eigenvalue weighted by atomic mass is 9.85. The lowest BCUT2D eigenvalue weighted by molar-refractivity contribution is -0.110. The Morgan fingerprint density at radius 3 is 2.48 bits per heavy atom. The van der Waals surface area contributed by atoms with Crippen LogP contribution in [0.2, 0.25) is 5.02 Å². The average molecular weight is 401 g/mol. The maximum atomic E-state index is 13.7. The first-order valence-electron chi connectivity index (χ1n) is 8.43. The number of Topliss-reactive ketones (excluding diaryl/α,β-unsaturated/α-hetero) is 2. The molecule has 0 aromatic heterocycles. The van der Waals surface area contributed by atoms with Crippen LogP contribution < -0.4 is 9.75 Å². The summed E-state index contributed by atoms with van der Waals surface area (Å²) < 4.78 is 6.24. The summed E-state index contributed by atoms with van der Waals surface area (Å²) in [5.41, 5.74) is 0.180. The van der Waals surface area contributed by atoms with Gasteiger partial charge in [-0.3, -0.25) is 9.59 Å². The highest BCUT2D eigenvalue weighted by Gasteiger charge is 2.65. The number of ketones is 2. The van der Waals surface area contributed by atoms with Crippen LogP contribution in [0.3, 0.4) is 0 Å². The summed E-state index contributed by atoms with van der Waals surface area (Å²) in [4.78, 5) is 24.6. The number of carbonyl (C=O) groups excluding carboxylic acids is 2. The van der Waals surface area contributed by atoms with Crippen molar-refractivity contribution in [2.24, 2.45) is 5.10 Å². The third kappa shape index (κ3) is 2.58. The van der Waals surface area contributed by atoms with E-state index < -0.39 is 10.5 Å². The number of hydrazone groups is 1. The molecule has 0 saturated heterocycles. The summed E-state index contributed by atoms with van der Waals surface area (Å²) in [6, 6.07) is 14.2. The van der Waals surface area contributed by atoms with Gasteiger partial charge in [-0.2, -0.15) is 5.10 Å². The molecule has 0 amide bonds. The molecule has 1 atom stereocenters. The first kappa shape index (κ1) is 18.1. The summed E-state index contributed by atoms with van der Waals surface area (Å²) >= 11 is 7.17. The largest absolute Gasteiger partial charge is 0.483 e. The van der Waals surface area contributed by atoms with E-state index in [9.17, 15) is 9.59 Å². The quantitative estimate of drug-likeness (QED) is 0.740. The highest BCUT2D eigenvalue weighted by atomic mass is 35.5. The second-order valence-electron chi connectivity index (χ2n) is 6.93. The fourth-order valence-electron chi connectivity index (χ4n) is 3.39. The summed E-state index contributed by atoms with van der Waals surface area (Å²) in [7, 11) is 0. The van der Waals surface area contributed by atoms with Crippen molar-refractivity contribution >= 4 is 45.7 Å². The first-order valence-corrected chi connectivity index (χ1v) is 9.63. The van der Waals surface area contributed by atoms with Gasteiger partial charge in [0, 0.05) is 11.9 Å². The predicted octanol–water partition coefficient (Wildman–Crippen LogP) is 4.55. The van der Waals surface area contributed by atoms with Gasteiger partial charge in [0.25, 0.3) is 0 Å². The van der Waals surface area contributed by atoms with Crippen LogP contribution in [-0.2, 0) is 4.79 Å². The minimum Gasteiger partial charge on any atom is -0.483 e. The van der Waals surface area contributed by atoms with Crippen molar-refractivity contribution in [3.63, 3.8) is 0 Å². The average Bonchev–Trinajstić information content (AvgIpc) is 3.03. The van der Waals surface area contributed by atoms with E-state index in [2.05, 4.69) is 5.10 Å². The first-order chi connectivity index (χ1) is 12.8. The van der Waals surface area contributed by atoms with Gasteiger partial charge < -0.3 is 4.74 Å². The van der Waals surface area contributed by atoms with Crippen LogP contribution in [0.1, 0.15) is 31.1 Å². The Kier molecular flexibility index (Phi) is 4.09. The van der Waals surface area contributed by atoms with Gasteiger partial charge in [-0.15, -0.1) is 0 Å². The molecule has 2 heterocycles. The molecule has 138 valence electrons. The molecule has 0 unspecified atom stereocenters. The van der Waals surface area contributed by atoms with E-state index in [1.807, 2.05) is 19.9 Å². The molecular weight excluding hydrogens is 384 g/mol. The Morgan fingerprint density at radius 2 is 1.81 bits per heavy atom. The minimum absolute atomic E-state index is 0.144. The van der Waals surface area contributed by atoms with Gasteiger partial charge in [0.2, 0.25) is 10.7 Å². The molecule has 2 aliphatic rings. The summed E-state index contributed by atoms with van der Waals surface area (Å²) in [5.74, 6) is 0.193. The van der Waals surface area contributed by atoms with Gasteiger partial charge in [0.15, 0.2) is 10.8 Å². The number of carbonyl (C=O) groups is 2. The van der Waals surface area contributed by atoms with Crippen LogP contribution >= 0.6 is 23.4 Å². The molecule has 2 aromatic carbocycles. The highest BCUT2D eigenvalue weighted by Crippen LogP contribution is 2.54. The van der Waals surface area contributed by atoms with E-state index in [4.69, 9.17) is 16.3 Å². The van der Waals surface area contributed by atoms with Crippen LogP contribution in [-0.4, -0.2) is 27.1 Å². The van der Waals surface area contributed by atoms with Gasteiger partial charge in [0.05, 0.1) is 11.3 Å². The topological polar surface area (TPSA) is 59.0 Å². The number of para-hydroxylation sites is 1. The second kappa shape index (κ2) is 6.11. The Bertz CT molecular complexity index is 987. The minimum atomic E-state index is -1.24. The van der Waals surface area contributed by atoms with Gasteiger partial charge in [-0.25, -0.2) is 5.01 Å². The number of halogens is 1. The van der Waals surface area contributed by atoms with Crippen LogP contribution in [0.5, 0.6) is 5.75 Å². The van der Waals surface area contributed by atoms with Crippen LogP contribution in [0.25, 0.3) is 0 Å². The van der Waals surface area contributed by atoms with E-state index in [0.29, 0.717) is 22.0 Å². The molecule has 2 aromatic rings. The molecule has 0 N–H and O–H groups in total. The Hall–Kier alpha value is -2.31. The van der Waals surface area contributed by atoms with Crippen molar-refractivity contribution in [1.82, 2.24) is 0 Å². The van der Waals surface area contributed by atoms with Crippen LogP contribution in [0.4, 0.5) is 5.69 Å². The van der Waals surface area contributed by atoms with Crippen molar-refractivity contribution in [2.45, 2.75) is 31.2 Å². The maximum Gasteiger partial charge on any atom is 0.216 e. The zero-order valence-electron chi connectivity index (χ0n) is 15.0. The lowest BCUT2D eigenvalue weighted by Gasteiger charge is -2.49. The van der Waals surface area contributed by atoms with Crippen LogP contribution in [0, 0.1) is 0 Å². The number of ether oxygens (including phenoxy) is 1. The van der Waals surface area contributed by atoms with Crippen molar-refractivity contribution in [2.75, 3.05) is 5.01 Å². The second-order valence-corrected chi connectivity index (χ2v) is 8.55. The fourth-order valence-corrected chi connectivity index (χ4v) is 4.79. The third-order valence-electron chi connectivity index (χ3n) is 4.73.